The van der Waals surface area contributed by atoms with Gasteiger partial charge in [0.15, 0.2) is 0 Å². The molecule has 0 aliphatic rings. The lowest BCUT2D eigenvalue weighted by Crippen LogP contribution is -3.00. The number of hydrogen-bond donors (Lipinski definition) is 1. The SMILES string of the molecule is C[NH2+]C(C)=O.[Cl-]. The second-order valence-corrected chi connectivity index (χ2v) is 0.899. The van der Waals surface area contributed by atoms with E-state index in [9.17, 15) is 4.79 Å². The molecule has 2 nitrogen and oxygen atoms in total. The largest absolute Gasteiger partial charge is 1.00 e. The Bertz CT molecular complexity index is 46.1. The van der Waals surface area contributed by atoms with Crippen LogP contribution in [0.2, 0.25) is 0 Å². The molecular formula is C3H8ClNO. The topological polar surface area (TPSA) is 33.7 Å². The van der Waals surface area contributed by atoms with Crippen molar-refractivity contribution in [2.24, 2.45) is 0 Å². The highest BCUT2D eigenvalue weighted by Crippen LogP contribution is 1.31. The third-order valence-electron chi connectivity index (χ3n) is 0.407. The molecule has 0 aliphatic carbocycles. The number of hydrogen-bond acceptors (Lipinski definition) is 1. The van der Waals surface area contributed by atoms with E-state index in [2.05, 4.69) is 0 Å². The monoisotopic (exact) mass is 109 g/mol. The molecule has 0 radical (unpaired) electrons. The van der Waals surface area contributed by atoms with Crippen molar-refractivity contribution in [3.05, 3.63) is 0 Å². The third-order valence-corrected chi connectivity index (χ3v) is 0.407. The molecule has 3 heteroatoms. The summed E-state index contributed by atoms with van der Waals surface area (Å²) in [4.78, 5) is 9.76. The summed E-state index contributed by atoms with van der Waals surface area (Å²) in [7, 11) is 1.72. The summed E-state index contributed by atoms with van der Waals surface area (Å²) in [6.07, 6.45) is 0. The van der Waals surface area contributed by atoms with Crippen LogP contribution in [0.3, 0.4) is 0 Å². The first-order chi connectivity index (χ1) is 2.27. The van der Waals surface area contributed by atoms with Crippen LogP contribution in [0.5, 0.6) is 0 Å². The van der Waals surface area contributed by atoms with Gasteiger partial charge in [0.05, 0.1) is 14.0 Å². The predicted octanol–water partition coefficient (Wildman–Crippen LogP) is -4.27. The summed E-state index contributed by atoms with van der Waals surface area (Å²) in [5.41, 5.74) is 0. The summed E-state index contributed by atoms with van der Waals surface area (Å²) in [6.45, 7) is 1.53. The van der Waals surface area contributed by atoms with Gasteiger partial charge in [0.2, 0.25) is 0 Å². The lowest BCUT2D eigenvalue weighted by Gasteiger charge is -1.72. The summed E-state index contributed by atoms with van der Waals surface area (Å²) in [5, 5.41) is 1.53. The highest BCUT2D eigenvalue weighted by atomic mass is 35.5. The lowest BCUT2D eigenvalue weighted by molar-refractivity contribution is -0.537. The van der Waals surface area contributed by atoms with Gasteiger partial charge >= 0.3 is 5.91 Å². The first-order valence-electron chi connectivity index (χ1n) is 1.57. The molecule has 0 aromatic heterocycles. The van der Waals surface area contributed by atoms with Crippen molar-refractivity contribution >= 4 is 5.91 Å². The summed E-state index contributed by atoms with van der Waals surface area (Å²) < 4.78 is 0. The van der Waals surface area contributed by atoms with Gasteiger partial charge in [-0.2, -0.15) is 0 Å². The standard InChI is InChI=1S/C3H7NO.ClH/c1-3(5)4-2;/h1-2H3,(H,4,5);1H. The molecule has 0 unspecified atom stereocenters. The molecule has 0 bridgehead atoms. The summed E-state index contributed by atoms with van der Waals surface area (Å²) in [5.74, 6) is 0.130. The maximum Gasteiger partial charge on any atom is 0.307 e. The maximum atomic E-state index is 9.76. The van der Waals surface area contributed by atoms with Crippen molar-refractivity contribution in [2.75, 3.05) is 7.05 Å². The van der Waals surface area contributed by atoms with Gasteiger partial charge < -0.3 is 12.4 Å². The lowest BCUT2D eigenvalue weighted by atomic mass is 10.7. The van der Waals surface area contributed by atoms with Crippen LogP contribution >= 0.6 is 0 Å². The molecule has 0 rings (SSSR count). The minimum atomic E-state index is 0. The minimum Gasteiger partial charge on any atom is -1.00 e. The fourth-order valence-corrected chi connectivity index (χ4v) is 0. The van der Waals surface area contributed by atoms with Crippen LogP contribution in [0.4, 0.5) is 0 Å². The molecule has 0 atom stereocenters. The van der Waals surface area contributed by atoms with Gasteiger partial charge in [0, 0.05) is 0 Å². The number of quaternary nitrogens is 1. The van der Waals surface area contributed by atoms with E-state index in [1.54, 1.807) is 7.05 Å². The average molecular weight is 110 g/mol. The molecule has 0 heterocycles. The fraction of sp³-hybridized carbons (Fsp3) is 0.667. The average Bonchev–Trinajstić information content (AvgIpc) is 1.38. The van der Waals surface area contributed by atoms with Crippen LogP contribution in [-0.4, -0.2) is 13.0 Å². The van der Waals surface area contributed by atoms with E-state index < -0.39 is 0 Å². The Kier molecular flexibility index (Phi) is 7.65. The van der Waals surface area contributed by atoms with Crippen molar-refractivity contribution in [3.8, 4) is 0 Å². The highest BCUT2D eigenvalue weighted by Gasteiger charge is 1.80. The molecular weight excluding hydrogens is 101 g/mol. The first-order valence-corrected chi connectivity index (χ1v) is 1.57. The van der Waals surface area contributed by atoms with Crippen LogP contribution in [0.25, 0.3) is 0 Å². The van der Waals surface area contributed by atoms with E-state index in [4.69, 9.17) is 0 Å². The van der Waals surface area contributed by atoms with Crippen molar-refractivity contribution in [3.63, 3.8) is 0 Å². The Balaban J connectivity index is 0. The molecule has 0 fully saturated rings. The number of primary amides is 1. The highest BCUT2D eigenvalue weighted by molar-refractivity contribution is 5.61. The normalized spacial score (nSPS) is 6.33. The summed E-state index contributed by atoms with van der Waals surface area (Å²) in [6, 6.07) is 0. The Morgan fingerprint density at radius 1 is 1.67 bits per heavy atom. The van der Waals surface area contributed by atoms with Gasteiger partial charge in [0.1, 0.15) is 0 Å². The van der Waals surface area contributed by atoms with Crippen LogP contribution in [0.15, 0.2) is 0 Å². The second kappa shape index (κ2) is 4.92. The molecule has 0 saturated carbocycles. The van der Waals surface area contributed by atoms with E-state index in [1.807, 2.05) is 0 Å². The van der Waals surface area contributed by atoms with E-state index >= 15 is 0 Å². The number of amides is 1. The number of carbonyl (C=O) groups excluding carboxylic acids is 1. The molecule has 1 amide bonds. The molecule has 0 aromatic carbocycles. The van der Waals surface area contributed by atoms with Gasteiger partial charge in [0.25, 0.3) is 0 Å². The van der Waals surface area contributed by atoms with E-state index in [0.29, 0.717) is 0 Å². The zero-order chi connectivity index (χ0) is 4.28. The van der Waals surface area contributed by atoms with Crippen LogP contribution in [0.1, 0.15) is 6.92 Å². The molecule has 0 saturated heterocycles. The molecule has 0 aliphatic heterocycles. The van der Waals surface area contributed by atoms with Gasteiger partial charge in [-0.1, -0.05) is 0 Å². The Morgan fingerprint density at radius 2 is 1.83 bits per heavy atom. The Morgan fingerprint density at radius 3 is 1.83 bits per heavy atom. The minimum absolute atomic E-state index is 0. The van der Waals surface area contributed by atoms with Crippen LogP contribution in [-0.2, 0) is 4.79 Å². The smallest absolute Gasteiger partial charge is 0.307 e. The van der Waals surface area contributed by atoms with E-state index in [1.165, 1.54) is 12.2 Å². The third kappa shape index (κ3) is 9.07. The van der Waals surface area contributed by atoms with Crippen molar-refractivity contribution < 1.29 is 22.5 Å². The zero-order valence-electron chi connectivity index (χ0n) is 3.86. The van der Waals surface area contributed by atoms with Crippen LogP contribution in [0, 0.1) is 0 Å². The van der Waals surface area contributed by atoms with Gasteiger partial charge in [-0.25, -0.2) is 4.79 Å². The quantitative estimate of drug-likeness (QED) is 0.336. The van der Waals surface area contributed by atoms with Crippen LogP contribution < -0.4 is 17.7 Å². The first kappa shape index (κ1) is 9.33. The van der Waals surface area contributed by atoms with E-state index in [-0.39, 0.29) is 18.3 Å². The molecule has 6 heavy (non-hydrogen) atoms. The molecule has 0 spiro atoms. The molecule has 0 aromatic rings. The number of halogens is 1. The second-order valence-electron chi connectivity index (χ2n) is 0.899. The predicted molar refractivity (Wildman–Crippen MR) is 18.5 cm³/mol. The van der Waals surface area contributed by atoms with Gasteiger partial charge in [-0.05, 0) is 0 Å². The fourth-order valence-electron chi connectivity index (χ4n) is 0. The van der Waals surface area contributed by atoms with Gasteiger partial charge in [-0.15, -0.1) is 0 Å². The van der Waals surface area contributed by atoms with Crippen molar-refractivity contribution in [1.29, 1.82) is 0 Å². The number of nitrogens with two attached hydrogens (primary N) is 1. The summed E-state index contributed by atoms with van der Waals surface area (Å²) >= 11 is 0. The van der Waals surface area contributed by atoms with Crippen molar-refractivity contribution in [2.45, 2.75) is 6.92 Å². The molecule has 2 N–H and O–H groups in total. The zero-order valence-corrected chi connectivity index (χ0v) is 4.62. The molecule has 38 valence electrons. The number of carbonyl (C=O) groups is 1. The maximum absolute atomic E-state index is 9.76. The Labute approximate surface area is 43.3 Å². The Hall–Kier alpha value is -0.0800. The van der Waals surface area contributed by atoms with E-state index in [0.717, 1.165) is 0 Å². The van der Waals surface area contributed by atoms with Gasteiger partial charge in [-0.3, -0.25) is 5.32 Å². The number of rotatable bonds is 0. The van der Waals surface area contributed by atoms with Crippen molar-refractivity contribution in [1.82, 2.24) is 0 Å².